The second kappa shape index (κ2) is 12.0. The molecule has 0 spiro atoms. The van der Waals surface area contributed by atoms with Crippen LogP contribution in [0.5, 0.6) is 0 Å². The molecule has 0 bridgehead atoms. The summed E-state index contributed by atoms with van der Waals surface area (Å²) in [6.07, 6.45) is 0. The Balaban J connectivity index is 1.66. The molecular weight excluding hydrogens is 662 g/mol. The zero-order chi connectivity index (χ0) is 33.9. The van der Waals surface area contributed by atoms with E-state index in [2.05, 4.69) is 0 Å². The standard InChI is InChI=1S/C37H24F5N2O2PS/c1-21-11-3-9-17-27(21)47(28-18-10-4-12-22(28)2)29-20-19-23-13-5-6-14-24(23)30(29)37-43-25-15-7-8-16-26(25)44(37)48(45,46)36-34(41)32(39)31(38)33(40)35(36)42/h3-20H,1-2H3. The molecule has 0 atom stereocenters. The molecule has 4 nitrogen and oxygen atoms in total. The fraction of sp³-hybridized carbons (Fsp3) is 0.0541. The molecule has 0 aliphatic carbocycles. The fourth-order valence-corrected chi connectivity index (χ4v) is 10.4. The third kappa shape index (κ3) is 4.90. The molecule has 0 saturated heterocycles. The summed E-state index contributed by atoms with van der Waals surface area (Å²) in [6.45, 7) is 3.96. The molecule has 6 aromatic carbocycles. The summed E-state index contributed by atoms with van der Waals surface area (Å²) in [5, 5.41) is 3.92. The lowest BCUT2D eigenvalue weighted by Crippen LogP contribution is -2.27. The van der Waals surface area contributed by atoms with E-state index in [1.807, 2.05) is 86.6 Å². The van der Waals surface area contributed by atoms with Crippen LogP contribution in [0, 0.1) is 42.9 Å². The minimum atomic E-state index is -5.52. The largest absolute Gasteiger partial charge is 0.276 e. The molecule has 0 amide bonds. The van der Waals surface area contributed by atoms with Crippen molar-refractivity contribution in [2.45, 2.75) is 18.7 Å². The van der Waals surface area contributed by atoms with Crippen LogP contribution in [0.3, 0.4) is 0 Å². The van der Waals surface area contributed by atoms with Gasteiger partial charge in [0.15, 0.2) is 34.0 Å². The third-order valence-electron chi connectivity index (χ3n) is 8.27. The molecule has 7 aromatic rings. The number of halogens is 5. The summed E-state index contributed by atoms with van der Waals surface area (Å²) in [6, 6.07) is 32.6. The fourth-order valence-electron chi connectivity index (χ4n) is 6.01. The Morgan fingerprint density at radius 3 is 1.73 bits per heavy atom. The molecule has 240 valence electrons. The average molecular weight is 687 g/mol. The monoisotopic (exact) mass is 686 g/mol. The van der Waals surface area contributed by atoms with Crippen LogP contribution >= 0.6 is 7.92 Å². The van der Waals surface area contributed by atoms with Crippen LogP contribution in [0.4, 0.5) is 22.0 Å². The number of aromatic nitrogens is 2. The van der Waals surface area contributed by atoms with Crippen molar-refractivity contribution in [1.82, 2.24) is 8.96 Å². The minimum Gasteiger partial charge on any atom is -0.227 e. The zero-order valence-corrected chi connectivity index (χ0v) is 27.1. The number of para-hydroxylation sites is 2. The highest BCUT2D eigenvalue weighted by molar-refractivity contribution is 7.90. The van der Waals surface area contributed by atoms with Crippen LogP contribution in [0.15, 0.2) is 114 Å². The third-order valence-corrected chi connectivity index (χ3v) is 12.8. The maximum atomic E-state index is 15.3. The van der Waals surface area contributed by atoms with Gasteiger partial charge in [0.05, 0.1) is 11.0 Å². The summed E-state index contributed by atoms with van der Waals surface area (Å²) in [7, 11) is -6.95. The van der Waals surface area contributed by atoms with E-state index in [4.69, 9.17) is 4.98 Å². The zero-order valence-electron chi connectivity index (χ0n) is 25.3. The lowest BCUT2D eigenvalue weighted by Gasteiger charge is -2.26. The van der Waals surface area contributed by atoms with Crippen LogP contribution in [0.1, 0.15) is 11.1 Å². The van der Waals surface area contributed by atoms with E-state index in [9.17, 15) is 21.6 Å². The van der Waals surface area contributed by atoms with Crippen LogP contribution < -0.4 is 15.9 Å². The van der Waals surface area contributed by atoms with Crippen molar-refractivity contribution >= 4 is 55.7 Å². The molecule has 0 aliphatic rings. The maximum Gasteiger partial charge on any atom is 0.276 e. The second-order valence-electron chi connectivity index (χ2n) is 11.2. The van der Waals surface area contributed by atoms with Crippen molar-refractivity contribution in [2.75, 3.05) is 0 Å². The molecule has 7 rings (SSSR count). The smallest absolute Gasteiger partial charge is 0.227 e. The molecule has 0 N–H and O–H groups in total. The number of imidazole rings is 1. The molecule has 0 saturated carbocycles. The first-order chi connectivity index (χ1) is 23.0. The Kier molecular flexibility index (Phi) is 7.89. The number of benzene rings is 6. The highest BCUT2D eigenvalue weighted by atomic mass is 32.2. The van der Waals surface area contributed by atoms with Crippen molar-refractivity contribution in [3.8, 4) is 11.4 Å². The Morgan fingerprint density at radius 1 is 0.583 bits per heavy atom. The van der Waals surface area contributed by atoms with Gasteiger partial charge < -0.3 is 0 Å². The predicted octanol–water partition coefficient (Wildman–Crippen LogP) is 8.16. The van der Waals surface area contributed by atoms with Crippen LogP contribution in [0.25, 0.3) is 33.2 Å². The molecule has 0 aliphatic heterocycles. The molecule has 11 heteroatoms. The molecule has 48 heavy (non-hydrogen) atoms. The summed E-state index contributed by atoms with van der Waals surface area (Å²) in [5.74, 6) is -12.4. The van der Waals surface area contributed by atoms with Crippen molar-refractivity contribution in [2.24, 2.45) is 0 Å². The number of fused-ring (bicyclic) bond motifs is 2. The Bertz CT molecular complexity index is 2460. The lowest BCUT2D eigenvalue weighted by molar-refractivity contribution is 0.357. The summed E-state index contributed by atoms with van der Waals surface area (Å²) in [4.78, 5) is 2.74. The van der Waals surface area contributed by atoms with Crippen LogP contribution in [0.2, 0.25) is 0 Å². The number of aryl methyl sites for hydroxylation is 2. The topological polar surface area (TPSA) is 52.0 Å². The minimum absolute atomic E-state index is 0.105. The van der Waals surface area contributed by atoms with Gasteiger partial charge in [-0.25, -0.2) is 39.3 Å². The maximum absolute atomic E-state index is 15.3. The Morgan fingerprint density at radius 2 is 1.10 bits per heavy atom. The first kappa shape index (κ1) is 31.7. The first-order valence-corrected chi connectivity index (χ1v) is 17.5. The van der Waals surface area contributed by atoms with Gasteiger partial charge in [0.1, 0.15) is 0 Å². The summed E-state index contributed by atoms with van der Waals surface area (Å²) in [5.41, 5.74) is 2.33. The average Bonchev–Trinajstić information content (AvgIpc) is 3.48. The molecule has 0 unspecified atom stereocenters. The van der Waals surface area contributed by atoms with Gasteiger partial charge in [0, 0.05) is 5.56 Å². The molecule has 1 heterocycles. The molecule has 0 radical (unpaired) electrons. The first-order valence-electron chi connectivity index (χ1n) is 14.7. The predicted molar refractivity (Wildman–Crippen MR) is 180 cm³/mol. The Hall–Kier alpha value is -4.92. The van der Waals surface area contributed by atoms with E-state index in [1.54, 1.807) is 18.2 Å². The summed E-state index contributed by atoms with van der Waals surface area (Å²) < 4.78 is 103. The van der Waals surface area contributed by atoms with E-state index >= 15 is 8.78 Å². The van der Waals surface area contributed by atoms with Gasteiger partial charge in [-0.15, -0.1) is 0 Å². The van der Waals surface area contributed by atoms with E-state index < -0.39 is 51.9 Å². The van der Waals surface area contributed by atoms with Crippen molar-refractivity contribution in [3.05, 3.63) is 149 Å². The van der Waals surface area contributed by atoms with E-state index in [0.717, 1.165) is 21.7 Å². The number of nitrogens with zero attached hydrogens (tertiary/aromatic N) is 2. The molecule has 0 fully saturated rings. The van der Waals surface area contributed by atoms with E-state index in [0.29, 0.717) is 25.6 Å². The van der Waals surface area contributed by atoms with Gasteiger partial charge in [0.2, 0.25) is 5.82 Å². The number of hydrogen-bond donors (Lipinski definition) is 0. The molecule has 1 aromatic heterocycles. The van der Waals surface area contributed by atoms with Gasteiger partial charge in [-0.2, -0.15) is 0 Å². The van der Waals surface area contributed by atoms with Gasteiger partial charge in [0.25, 0.3) is 10.0 Å². The van der Waals surface area contributed by atoms with Gasteiger partial charge >= 0.3 is 0 Å². The van der Waals surface area contributed by atoms with Crippen molar-refractivity contribution < 1.29 is 30.4 Å². The molecular formula is C37H24F5N2O2PS. The number of rotatable bonds is 6. The van der Waals surface area contributed by atoms with Crippen molar-refractivity contribution in [3.63, 3.8) is 0 Å². The quantitative estimate of drug-likeness (QED) is 0.0768. The second-order valence-corrected chi connectivity index (χ2v) is 15.0. The summed E-state index contributed by atoms with van der Waals surface area (Å²) >= 11 is 0. The SMILES string of the molecule is Cc1ccccc1P(c1ccccc1C)c1ccc2ccccc2c1-c1nc2ccccc2n1S(=O)(=O)c1c(F)c(F)c(F)c(F)c1F. The highest BCUT2D eigenvalue weighted by Gasteiger charge is 2.38. The van der Waals surface area contributed by atoms with Gasteiger partial charge in [-0.3, -0.25) is 0 Å². The number of hydrogen-bond acceptors (Lipinski definition) is 3. The lowest BCUT2D eigenvalue weighted by atomic mass is 10.0. The van der Waals surface area contributed by atoms with E-state index in [1.165, 1.54) is 18.2 Å². The van der Waals surface area contributed by atoms with Gasteiger partial charge in [-0.1, -0.05) is 97.1 Å². The van der Waals surface area contributed by atoms with Crippen LogP contribution in [-0.2, 0) is 10.0 Å². The Labute approximate surface area is 273 Å². The highest BCUT2D eigenvalue weighted by Crippen LogP contribution is 2.43. The van der Waals surface area contributed by atoms with Gasteiger partial charge in [-0.05, 0) is 71.7 Å². The normalized spacial score (nSPS) is 12.0. The van der Waals surface area contributed by atoms with E-state index in [-0.39, 0.29) is 16.9 Å². The van der Waals surface area contributed by atoms with Crippen LogP contribution in [-0.4, -0.2) is 17.4 Å². The van der Waals surface area contributed by atoms with Crippen molar-refractivity contribution in [1.29, 1.82) is 0 Å².